The molecule has 0 unspecified atom stereocenters. The Labute approximate surface area is 191 Å². The molecule has 2 N–H and O–H groups in total. The highest BCUT2D eigenvalue weighted by Crippen LogP contribution is 2.35. The average molecular weight is 476 g/mol. The third-order valence-electron chi connectivity index (χ3n) is 6.10. The number of hydrogen-bond donors (Lipinski definition) is 2. The summed E-state index contributed by atoms with van der Waals surface area (Å²) in [5.74, 6) is -1.04. The molecular weight excluding hydrogens is 450 g/mol. The van der Waals surface area contributed by atoms with E-state index in [-0.39, 0.29) is 36.9 Å². The lowest BCUT2D eigenvalue weighted by Crippen LogP contribution is -2.54. The van der Waals surface area contributed by atoms with Crippen LogP contribution >= 0.6 is 0 Å². The standard InChI is InChI=1S/C22H25N3O7S/c26-20(25-9-13-32-14-10-25)17-3-1-16(2-4-17)19-6-5-18(15-23-19)33(29,30)22(21(27)24-28)7-11-31-12-8-22/h1-6,15,28H,7-14H2,(H,24,27). The Balaban J connectivity index is 1.55. The lowest BCUT2D eigenvalue weighted by molar-refractivity contribution is -0.134. The first kappa shape index (κ1) is 23.3. The molecule has 33 heavy (non-hydrogen) atoms. The van der Waals surface area contributed by atoms with E-state index in [0.29, 0.717) is 43.1 Å². The van der Waals surface area contributed by atoms with Crippen LogP contribution in [0, 0.1) is 0 Å². The minimum absolute atomic E-state index is 0.0665. The number of benzene rings is 1. The first-order valence-electron chi connectivity index (χ1n) is 10.6. The van der Waals surface area contributed by atoms with Gasteiger partial charge >= 0.3 is 0 Å². The Hall–Kier alpha value is -2.86. The van der Waals surface area contributed by atoms with Gasteiger partial charge in [0, 0.05) is 43.6 Å². The number of rotatable bonds is 5. The van der Waals surface area contributed by atoms with Gasteiger partial charge in [-0.25, -0.2) is 13.9 Å². The summed E-state index contributed by atoms with van der Waals surface area (Å²) in [5, 5.41) is 9.15. The van der Waals surface area contributed by atoms with Crippen LogP contribution in [0.4, 0.5) is 0 Å². The molecule has 2 aliphatic rings. The predicted molar refractivity (Wildman–Crippen MR) is 116 cm³/mol. The maximum Gasteiger partial charge on any atom is 0.265 e. The zero-order chi connectivity index (χ0) is 23.5. The van der Waals surface area contributed by atoms with Crippen molar-refractivity contribution in [1.82, 2.24) is 15.4 Å². The predicted octanol–water partition coefficient (Wildman–Crippen LogP) is 1.05. The number of amides is 2. The summed E-state index contributed by atoms with van der Waals surface area (Å²) in [6, 6.07) is 9.87. The highest BCUT2D eigenvalue weighted by molar-refractivity contribution is 7.93. The molecule has 4 rings (SSSR count). The van der Waals surface area contributed by atoms with Crippen LogP contribution in [0.25, 0.3) is 11.3 Å². The van der Waals surface area contributed by atoms with Crippen LogP contribution in [0.15, 0.2) is 47.5 Å². The molecule has 0 saturated carbocycles. The maximum absolute atomic E-state index is 13.3. The van der Waals surface area contributed by atoms with Crippen molar-refractivity contribution >= 4 is 21.7 Å². The van der Waals surface area contributed by atoms with Gasteiger partial charge in [-0.2, -0.15) is 0 Å². The van der Waals surface area contributed by atoms with Gasteiger partial charge in [0.05, 0.1) is 23.8 Å². The Morgan fingerprint density at radius 3 is 2.18 bits per heavy atom. The van der Waals surface area contributed by atoms with Crippen molar-refractivity contribution in [3.8, 4) is 11.3 Å². The number of morpholine rings is 1. The van der Waals surface area contributed by atoms with Crippen LogP contribution < -0.4 is 5.48 Å². The maximum atomic E-state index is 13.3. The molecular formula is C22H25N3O7S. The third kappa shape index (κ3) is 4.36. The van der Waals surface area contributed by atoms with Gasteiger partial charge in [-0.3, -0.25) is 19.8 Å². The van der Waals surface area contributed by atoms with Crippen LogP contribution in [0.2, 0.25) is 0 Å². The molecule has 11 heteroatoms. The number of ether oxygens (including phenoxy) is 2. The van der Waals surface area contributed by atoms with Gasteiger partial charge in [0.2, 0.25) is 0 Å². The van der Waals surface area contributed by atoms with Crippen LogP contribution in [0.5, 0.6) is 0 Å². The van der Waals surface area contributed by atoms with Gasteiger partial charge in [-0.05, 0) is 37.1 Å². The number of carbonyl (C=O) groups excluding carboxylic acids is 2. The summed E-state index contributed by atoms with van der Waals surface area (Å²) >= 11 is 0. The van der Waals surface area contributed by atoms with E-state index in [4.69, 9.17) is 14.7 Å². The van der Waals surface area contributed by atoms with Crippen molar-refractivity contribution < 1.29 is 32.7 Å². The van der Waals surface area contributed by atoms with E-state index in [9.17, 15) is 18.0 Å². The number of aromatic nitrogens is 1. The van der Waals surface area contributed by atoms with E-state index in [2.05, 4.69) is 4.98 Å². The van der Waals surface area contributed by atoms with Crippen molar-refractivity contribution in [2.24, 2.45) is 0 Å². The van der Waals surface area contributed by atoms with Crippen LogP contribution in [-0.4, -0.2) is 79.6 Å². The summed E-state index contributed by atoms with van der Waals surface area (Å²) in [5.41, 5.74) is 3.28. The molecule has 0 bridgehead atoms. The van der Waals surface area contributed by atoms with Crippen molar-refractivity contribution in [2.75, 3.05) is 39.5 Å². The molecule has 3 heterocycles. The highest BCUT2D eigenvalue weighted by Gasteiger charge is 2.52. The number of hydrogen-bond acceptors (Lipinski definition) is 8. The fraction of sp³-hybridized carbons (Fsp3) is 0.409. The molecule has 0 radical (unpaired) electrons. The molecule has 0 spiro atoms. The fourth-order valence-corrected chi connectivity index (χ4v) is 5.97. The summed E-state index contributed by atoms with van der Waals surface area (Å²) in [6.07, 6.45) is 1.07. The lowest BCUT2D eigenvalue weighted by Gasteiger charge is -2.34. The summed E-state index contributed by atoms with van der Waals surface area (Å²) in [4.78, 5) is 30.8. The number of sulfone groups is 1. The van der Waals surface area contributed by atoms with Gasteiger partial charge in [0.25, 0.3) is 11.8 Å². The largest absolute Gasteiger partial charge is 0.381 e. The van der Waals surface area contributed by atoms with Crippen molar-refractivity contribution in [3.05, 3.63) is 48.2 Å². The number of carbonyl (C=O) groups is 2. The minimum atomic E-state index is -4.14. The first-order chi connectivity index (χ1) is 15.9. The molecule has 0 atom stereocenters. The third-order valence-corrected chi connectivity index (χ3v) is 8.59. The number of pyridine rings is 1. The second-order valence-electron chi connectivity index (χ2n) is 7.91. The Kier molecular flexibility index (Phi) is 6.75. The van der Waals surface area contributed by atoms with E-state index in [1.807, 2.05) is 0 Å². The van der Waals surface area contributed by atoms with E-state index in [0.717, 1.165) is 0 Å². The molecule has 176 valence electrons. The van der Waals surface area contributed by atoms with Crippen LogP contribution in [-0.2, 0) is 24.1 Å². The summed E-state index contributed by atoms with van der Waals surface area (Å²) < 4.78 is 35.3. The van der Waals surface area contributed by atoms with Gasteiger partial charge in [-0.1, -0.05) is 12.1 Å². The second kappa shape index (κ2) is 9.56. The molecule has 0 aliphatic carbocycles. The Bertz CT molecular complexity index is 1110. The van der Waals surface area contributed by atoms with E-state index in [1.165, 1.54) is 17.7 Å². The van der Waals surface area contributed by atoms with Crippen LogP contribution in [0.3, 0.4) is 0 Å². The molecule has 2 aliphatic heterocycles. The molecule has 2 saturated heterocycles. The van der Waals surface area contributed by atoms with E-state index in [1.54, 1.807) is 35.2 Å². The molecule has 10 nitrogen and oxygen atoms in total. The Morgan fingerprint density at radius 2 is 1.61 bits per heavy atom. The quantitative estimate of drug-likeness (QED) is 0.484. The lowest BCUT2D eigenvalue weighted by atomic mass is 9.98. The Morgan fingerprint density at radius 1 is 0.970 bits per heavy atom. The zero-order valence-electron chi connectivity index (χ0n) is 17.9. The monoisotopic (exact) mass is 475 g/mol. The van der Waals surface area contributed by atoms with Gasteiger partial charge in [-0.15, -0.1) is 0 Å². The zero-order valence-corrected chi connectivity index (χ0v) is 18.7. The summed E-state index contributed by atoms with van der Waals surface area (Å²) in [6.45, 7) is 2.34. The molecule has 2 aromatic rings. The summed E-state index contributed by atoms with van der Waals surface area (Å²) in [7, 11) is -4.14. The fourth-order valence-electron chi connectivity index (χ4n) is 4.09. The normalized spacial score (nSPS) is 18.5. The molecule has 1 aromatic carbocycles. The number of nitrogens with zero attached hydrogens (tertiary/aromatic N) is 2. The van der Waals surface area contributed by atoms with Gasteiger partial charge in [0.15, 0.2) is 14.6 Å². The first-order valence-corrected chi connectivity index (χ1v) is 12.1. The van der Waals surface area contributed by atoms with Gasteiger partial charge in [0.1, 0.15) is 0 Å². The van der Waals surface area contributed by atoms with Crippen molar-refractivity contribution in [1.29, 1.82) is 0 Å². The smallest absolute Gasteiger partial charge is 0.265 e. The highest BCUT2D eigenvalue weighted by atomic mass is 32.2. The molecule has 1 aromatic heterocycles. The van der Waals surface area contributed by atoms with Crippen molar-refractivity contribution in [2.45, 2.75) is 22.5 Å². The number of nitrogens with one attached hydrogen (secondary N) is 1. The number of hydroxylamine groups is 1. The van der Waals surface area contributed by atoms with Crippen LogP contribution in [0.1, 0.15) is 23.2 Å². The van der Waals surface area contributed by atoms with Gasteiger partial charge < -0.3 is 14.4 Å². The van der Waals surface area contributed by atoms with E-state index < -0.39 is 20.5 Å². The molecule has 2 fully saturated rings. The second-order valence-corrected chi connectivity index (χ2v) is 10.2. The van der Waals surface area contributed by atoms with Crippen molar-refractivity contribution in [3.63, 3.8) is 0 Å². The minimum Gasteiger partial charge on any atom is -0.381 e. The van der Waals surface area contributed by atoms with E-state index >= 15 is 0 Å². The SMILES string of the molecule is O=C(c1ccc(-c2ccc(S(=O)(=O)C3(C(=O)NO)CCOCC3)cn2)cc1)N1CCOCC1. The molecule has 2 amide bonds. The average Bonchev–Trinajstić information content (AvgIpc) is 2.88. The topological polar surface area (TPSA) is 135 Å².